The molecule has 3 unspecified atom stereocenters. The molecule has 112 valence electrons. The first-order chi connectivity index (χ1) is 9.45. The highest BCUT2D eigenvalue weighted by Crippen LogP contribution is 2.41. The minimum atomic E-state index is -4.27. The Bertz CT molecular complexity index is 442. The van der Waals surface area contributed by atoms with Crippen LogP contribution in [0.2, 0.25) is 0 Å². The van der Waals surface area contributed by atoms with E-state index < -0.39 is 11.7 Å². The van der Waals surface area contributed by atoms with Gasteiger partial charge in [-0.3, -0.25) is 0 Å². The van der Waals surface area contributed by atoms with Gasteiger partial charge in [-0.2, -0.15) is 13.2 Å². The maximum absolute atomic E-state index is 12.8. The quantitative estimate of drug-likeness (QED) is 0.838. The van der Waals surface area contributed by atoms with Crippen molar-refractivity contribution in [1.29, 1.82) is 0 Å². The maximum Gasteiger partial charge on any atom is 0.416 e. The third kappa shape index (κ3) is 3.35. The first-order valence-electron chi connectivity index (χ1n) is 7.30. The van der Waals surface area contributed by atoms with E-state index in [1.807, 2.05) is 7.05 Å². The van der Waals surface area contributed by atoms with Crippen molar-refractivity contribution in [1.82, 2.24) is 5.32 Å². The minimum absolute atomic E-state index is 0.0221. The highest BCUT2D eigenvalue weighted by atomic mass is 19.4. The van der Waals surface area contributed by atoms with Crippen LogP contribution in [0.4, 0.5) is 13.2 Å². The van der Waals surface area contributed by atoms with E-state index >= 15 is 0 Å². The smallest absolute Gasteiger partial charge is 0.313 e. The Morgan fingerprint density at radius 2 is 2.05 bits per heavy atom. The van der Waals surface area contributed by atoms with Crippen molar-refractivity contribution in [2.24, 2.45) is 11.8 Å². The molecule has 0 radical (unpaired) electrons. The average Bonchev–Trinajstić information content (AvgIpc) is 2.88. The zero-order valence-electron chi connectivity index (χ0n) is 12.0. The molecule has 1 N–H and O–H groups in total. The van der Waals surface area contributed by atoms with Crippen LogP contribution in [0.1, 0.15) is 49.8 Å². The van der Waals surface area contributed by atoms with E-state index in [-0.39, 0.29) is 6.04 Å². The molecule has 1 aromatic rings. The maximum atomic E-state index is 12.8. The molecule has 1 aliphatic carbocycles. The topological polar surface area (TPSA) is 12.0 Å². The van der Waals surface area contributed by atoms with Gasteiger partial charge in [0, 0.05) is 6.04 Å². The van der Waals surface area contributed by atoms with Crippen molar-refractivity contribution in [3.63, 3.8) is 0 Å². The molecule has 1 aliphatic rings. The molecular weight excluding hydrogens is 263 g/mol. The van der Waals surface area contributed by atoms with Crippen molar-refractivity contribution >= 4 is 0 Å². The van der Waals surface area contributed by atoms with Gasteiger partial charge in [-0.1, -0.05) is 31.9 Å². The summed E-state index contributed by atoms with van der Waals surface area (Å²) in [6.07, 6.45) is 0.294. The Kier molecular flexibility index (Phi) is 4.74. The van der Waals surface area contributed by atoms with Crippen LogP contribution in [-0.2, 0) is 6.18 Å². The molecular formula is C16H22F3N. The summed E-state index contributed by atoms with van der Waals surface area (Å²) >= 11 is 0. The number of halogens is 3. The highest BCUT2D eigenvalue weighted by molar-refractivity contribution is 5.28. The number of hydrogen-bond acceptors (Lipinski definition) is 1. The molecule has 0 saturated heterocycles. The molecule has 1 aromatic carbocycles. The van der Waals surface area contributed by atoms with Gasteiger partial charge in [0.2, 0.25) is 0 Å². The summed E-state index contributed by atoms with van der Waals surface area (Å²) in [5.74, 6) is 1.16. The van der Waals surface area contributed by atoms with Crippen molar-refractivity contribution in [2.45, 2.75) is 44.8 Å². The van der Waals surface area contributed by atoms with Crippen LogP contribution in [0, 0.1) is 11.8 Å². The lowest BCUT2D eigenvalue weighted by atomic mass is 9.89. The zero-order valence-corrected chi connectivity index (χ0v) is 12.0. The van der Waals surface area contributed by atoms with Gasteiger partial charge in [0.1, 0.15) is 0 Å². The molecule has 20 heavy (non-hydrogen) atoms. The van der Waals surface area contributed by atoms with Crippen molar-refractivity contribution in [3.05, 3.63) is 35.4 Å². The lowest BCUT2D eigenvalue weighted by molar-refractivity contribution is -0.137. The second kappa shape index (κ2) is 6.17. The first kappa shape index (κ1) is 15.4. The molecule has 3 atom stereocenters. The van der Waals surface area contributed by atoms with Crippen molar-refractivity contribution in [3.8, 4) is 0 Å². The molecule has 0 amide bonds. The van der Waals surface area contributed by atoms with Gasteiger partial charge in [-0.05, 0) is 49.4 Å². The van der Waals surface area contributed by atoms with E-state index in [1.54, 1.807) is 6.07 Å². The van der Waals surface area contributed by atoms with Gasteiger partial charge in [0.25, 0.3) is 0 Å². The summed E-state index contributed by atoms with van der Waals surface area (Å²) in [7, 11) is 1.84. The van der Waals surface area contributed by atoms with E-state index in [0.29, 0.717) is 5.92 Å². The van der Waals surface area contributed by atoms with Crippen LogP contribution in [0.3, 0.4) is 0 Å². The fourth-order valence-corrected chi connectivity index (χ4v) is 3.37. The van der Waals surface area contributed by atoms with Crippen LogP contribution >= 0.6 is 0 Å². The van der Waals surface area contributed by atoms with E-state index in [0.717, 1.165) is 36.8 Å². The van der Waals surface area contributed by atoms with Gasteiger partial charge in [0.15, 0.2) is 0 Å². The zero-order chi connectivity index (χ0) is 14.8. The standard InChI is InChI=1S/C16H22F3N/c1-3-11-7-8-13(9-11)15(20-2)12-5-4-6-14(10-12)16(17,18)19/h4-6,10-11,13,15,20H,3,7-9H2,1-2H3. The summed E-state index contributed by atoms with van der Waals surface area (Å²) in [5.41, 5.74) is 0.198. The molecule has 2 rings (SSSR count). The van der Waals surface area contributed by atoms with Crippen LogP contribution in [0.5, 0.6) is 0 Å². The fraction of sp³-hybridized carbons (Fsp3) is 0.625. The third-order valence-electron chi connectivity index (χ3n) is 4.51. The number of alkyl halides is 3. The SMILES string of the molecule is CCC1CCC(C(NC)c2cccc(C(F)(F)F)c2)C1. The molecule has 4 heteroatoms. The third-order valence-corrected chi connectivity index (χ3v) is 4.51. The van der Waals surface area contributed by atoms with Crippen LogP contribution in [0.25, 0.3) is 0 Å². The van der Waals surface area contributed by atoms with Gasteiger partial charge in [0.05, 0.1) is 5.56 Å². The van der Waals surface area contributed by atoms with Gasteiger partial charge < -0.3 is 5.32 Å². The molecule has 0 bridgehead atoms. The second-order valence-corrected chi connectivity index (χ2v) is 5.74. The Balaban J connectivity index is 2.20. The molecule has 1 nitrogen and oxygen atoms in total. The summed E-state index contributed by atoms with van der Waals surface area (Å²) in [6, 6.07) is 5.76. The molecule has 0 heterocycles. The Labute approximate surface area is 118 Å². The molecule has 1 fully saturated rings. The predicted octanol–water partition coefficient (Wildman–Crippen LogP) is 4.79. The Morgan fingerprint density at radius 3 is 2.60 bits per heavy atom. The van der Waals surface area contributed by atoms with Crippen molar-refractivity contribution < 1.29 is 13.2 Å². The molecule has 0 aromatic heterocycles. The van der Waals surface area contributed by atoms with E-state index in [4.69, 9.17) is 0 Å². The normalized spacial score (nSPS) is 24.9. The number of hydrogen-bond donors (Lipinski definition) is 1. The number of benzene rings is 1. The Hall–Kier alpha value is -1.03. The van der Waals surface area contributed by atoms with Crippen LogP contribution in [0.15, 0.2) is 24.3 Å². The lowest BCUT2D eigenvalue weighted by Gasteiger charge is -2.24. The first-order valence-corrected chi connectivity index (χ1v) is 7.30. The summed E-state index contributed by atoms with van der Waals surface area (Å²) in [5, 5.41) is 3.22. The van der Waals surface area contributed by atoms with Gasteiger partial charge in [-0.25, -0.2) is 0 Å². The van der Waals surface area contributed by atoms with Gasteiger partial charge in [-0.15, -0.1) is 0 Å². The highest BCUT2D eigenvalue weighted by Gasteiger charge is 2.33. The minimum Gasteiger partial charge on any atom is -0.313 e. The molecule has 0 aliphatic heterocycles. The number of rotatable bonds is 4. The van der Waals surface area contributed by atoms with Crippen molar-refractivity contribution in [2.75, 3.05) is 7.05 Å². The summed E-state index contributed by atoms with van der Waals surface area (Å²) in [4.78, 5) is 0. The van der Waals surface area contributed by atoms with Crippen LogP contribution in [-0.4, -0.2) is 7.05 Å². The monoisotopic (exact) mass is 285 g/mol. The van der Waals surface area contributed by atoms with E-state index in [1.165, 1.54) is 18.6 Å². The predicted molar refractivity (Wildman–Crippen MR) is 74.4 cm³/mol. The number of nitrogens with one attached hydrogen (secondary N) is 1. The molecule has 1 saturated carbocycles. The summed E-state index contributed by atoms with van der Waals surface area (Å²) < 4.78 is 38.4. The average molecular weight is 285 g/mol. The lowest BCUT2D eigenvalue weighted by Crippen LogP contribution is -2.24. The van der Waals surface area contributed by atoms with Crippen LogP contribution < -0.4 is 5.32 Å². The Morgan fingerprint density at radius 1 is 1.30 bits per heavy atom. The van der Waals surface area contributed by atoms with E-state index in [9.17, 15) is 13.2 Å². The largest absolute Gasteiger partial charge is 0.416 e. The molecule has 0 spiro atoms. The summed E-state index contributed by atoms with van der Waals surface area (Å²) in [6.45, 7) is 2.19. The second-order valence-electron chi connectivity index (χ2n) is 5.74. The van der Waals surface area contributed by atoms with E-state index in [2.05, 4.69) is 12.2 Å². The van der Waals surface area contributed by atoms with Gasteiger partial charge >= 0.3 is 6.18 Å². The fourth-order valence-electron chi connectivity index (χ4n) is 3.37.